The maximum atomic E-state index is 14.1. The van der Waals surface area contributed by atoms with Gasteiger partial charge in [-0.05, 0) is 48.5 Å². The molecule has 39 heavy (non-hydrogen) atoms. The van der Waals surface area contributed by atoms with Gasteiger partial charge >= 0.3 is 12.5 Å². The fraction of sp³-hybridized carbons (Fsp3) is 0.0370. The Morgan fingerprint density at radius 1 is 0.949 bits per heavy atom. The van der Waals surface area contributed by atoms with E-state index in [1.54, 1.807) is 12.1 Å². The Balaban J connectivity index is 1.53. The topological polar surface area (TPSA) is 115 Å². The first kappa shape index (κ1) is 25.4. The summed E-state index contributed by atoms with van der Waals surface area (Å²) in [5.74, 6) is -4.86. The van der Waals surface area contributed by atoms with Crippen molar-refractivity contribution in [3.05, 3.63) is 106 Å². The normalized spacial score (nSPS) is 11.2. The number of fused-ring (bicyclic) bond motifs is 3. The Hall–Kier alpha value is -5.26. The molecule has 0 aliphatic rings. The van der Waals surface area contributed by atoms with Gasteiger partial charge < -0.3 is 15.4 Å². The highest BCUT2D eigenvalue weighted by Gasteiger charge is 2.28. The Labute approximate surface area is 216 Å². The molecule has 3 aromatic carbocycles. The summed E-state index contributed by atoms with van der Waals surface area (Å²) >= 11 is 0. The van der Waals surface area contributed by atoms with Gasteiger partial charge in [0.15, 0.2) is 0 Å². The van der Waals surface area contributed by atoms with E-state index in [-0.39, 0.29) is 27.2 Å². The van der Waals surface area contributed by atoms with Gasteiger partial charge in [0.25, 0.3) is 11.5 Å². The number of hydrogen-bond acceptors (Lipinski definition) is 5. The number of carboxylic acid groups (broad SMARTS) is 1. The van der Waals surface area contributed by atoms with Gasteiger partial charge in [-0.25, -0.2) is 18.6 Å². The second-order valence-corrected chi connectivity index (χ2v) is 8.32. The van der Waals surface area contributed by atoms with Gasteiger partial charge in [-0.15, -0.1) is 0 Å². The SMILES string of the molecule is O=C(O)c1cccc2c1c(=O)[nH]c1nccc(Nc3ccc(N(C(=O)c4ccc(F)cc4F)C(F)F)cc3)c12. The third-order valence-electron chi connectivity index (χ3n) is 5.97. The van der Waals surface area contributed by atoms with E-state index in [0.717, 1.165) is 12.1 Å². The van der Waals surface area contributed by atoms with Crippen molar-refractivity contribution in [1.29, 1.82) is 0 Å². The number of hydrogen-bond donors (Lipinski definition) is 3. The quantitative estimate of drug-likeness (QED) is 0.146. The monoisotopic (exact) mass is 536 g/mol. The van der Waals surface area contributed by atoms with Gasteiger partial charge in [-0.1, -0.05) is 12.1 Å². The number of nitrogens with zero attached hydrogens (tertiary/aromatic N) is 2. The van der Waals surface area contributed by atoms with Gasteiger partial charge in [0, 0.05) is 34.4 Å². The van der Waals surface area contributed by atoms with Gasteiger partial charge in [0.1, 0.15) is 17.3 Å². The van der Waals surface area contributed by atoms with Gasteiger partial charge in [-0.3, -0.25) is 14.5 Å². The Morgan fingerprint density at radius 2 is 1.69 bits per heavy atom. The molecule has 8 nitrogen and oxygen atoms in total. The lowest BCUT2D eigenvalue weighted by Crippen LogP contribution is -2.36. The number of carboxylic acids is 1. The highest BCUT2D eigenvalue weighted by atomic mass is 19.3. The number of anilines is 3. The van der Waals surface area contributed by atoms with Crippen molar-refractivity contribution in [2.75, 3.05) is 10.2 Å². The zero-order chi connectivity index (χ0) is 27.8. The smallest absolute Gasteiger partial charge is 0.336 e. The summed E-state index contributed by atoms with van der Waals surface area (Å²) < 4.78 is 55.0. The predicted molar refractivity (Wildman–Crippen MR) is 136 cm³/mol. The molecule has 196 valence electrons. The van der Waals surface area contributed by atoms with Crippen LogP contribution in [0.2, 0.25) is 0 Å². The predicted octanol–water partition coefficient (Wildman–Crippen LogP) is 5.67. The summed E-state index contributed by atoms with van der Waals surface area (Å²) in [4.78, 5) is 43.8. The molecule has 0 radical (unpaired) electrons. The maximum absolute atomic E-state index is 14.1. The minimum atomic E-state index is -3.32. The number of aromatic amines is 1. The Kier molecular flexibility index (Phi) is 6.44. The van der Waals surface area contributed by atoms with E-state index in [1.807, 2.05) is 0 Å². The van der Waals surface area contributed by atoms with Crippen LogP contribution in [0.3, 0.4) is 0 Å². The van der Waals surface area contributed by atoms with Crippen LogP contribution in [0.15, 0.2) is 77.7 Å². The maximum Gasteiger partial charge on any atom is 0.336 e. The summed E-state index contributed by atoms with van der Waals surface area (Å²) in [5, 5.41) is 13.3. The van der Waals surface area contributed by atoms with Crippen LogP contribution >= 0.6 is 0 Å². The first-order chi connectivity index (χ1) is 18.7. The molecule has 3 N–H and O–H groups in total. The number of H-pyrrole nitrogens is 1. The molecule has 0 aliphatic carbocycles. The number of pyridine rings is 2. The zero-order valence-electron chi connectivity index (χ0n) is 19.6. The molecular weight excluding hydrogens is 520 g/mol. The number of nitrogens with one attached hydrogen (secondary N) is 2. The number of aromatic nitrogens is 2. The molecule has 0 fully saturated rings. The van der Waals surface area contributed by atoms with Crippen LogP contribution in [0.4, 0.5) is 34.6 Å². The van der Waals surface area contributed by atoms with Crippen LogP contribution in [0.5, 0.6) is 0 Å². The van der Waals surface area contributed by atoms with E-state index >= 15 is 0 Å². The van der Waals surface area contributed by atoms with E-state index < -0.39 is 41.2 Å². The lowest BCUT2D eigenvalue weighted by molar-refractivity contribution is 0.0698. The summed E-state index contributed by atoms with van der Waals surface area (Å²) in [6, 6.07) is 13.2. The summed E-state index contributed by atoms with van der Waals surface area (Å²) in [6.45, 7) is -3.32. The summed E-state index contributed by atoms with van der Waals surface area (Å²) in [7, 11) is 0. The number of carbonyl (C=O) groups is 2. The van der Waals surface area contributed by atoms with E-state index in [9.17, 15) is 37.1 Å². The number of carbonyl (C=O) groups excluding carboxylic acids is 1. The third kappa shape index (κ3) is 4.63. The van der Waals surface area contributed by atoms with E-state index in [2.05, 4.69) is 15.3 Å². The van der Waals surface area contributed by atoms with Gasteiger partial charge in [0.2, 0.25) is 0 Å². The van der Waals surface area contributed by atoms with Crippen LogP contribution in [-0.2, 0) is 0 Å². The molecule has 0 atom stereocenters. The van der Waals surface area contributed by atoms with Crippen molar-refractivity contribution in [3.63, 3.8) is 0 Å². The van der Waals surface area contributed by atoms with Crippen molar-refractivity contribution in [2.45, 2.75) is 6.55 Å². The van der Waals surface area contributed by atoms with E-state index in [4.69, 9.17) is 0 Å². The van der Waals surface area contributed by atoms with Crippen LogP contribution in [0, 0.1) is 11.6 Å². The third-order valence-corrected chi connectivity index (χ3v) is 5.97. The lowest BCUT2D eigenvalue weighted by Gasteiger charge is -2.22. The van der Waals surface area contributed by atoms with Crippen molar-refractivity contribution in [2.24, 2.45) is 0 Å². The number of amides is 1. The van der Waals surface area contributed by atoms with Crippen LogP contribution < -0.4 is 15.8 Å². The minimum absolute atomic E-state index is 0.0389. The molecule has 0 aliphatic heterocycles. The van der Waals surface area contributed by atoms with Crippen molar-refractivity contribution >= 4 is 50.7 Å². The number of benzene rings is 3. The average molecular weight is 536 g/mol. The number of alkyl halides is 2. The number of aromatic carboxylic acids is 1. The minimum Gasteiger partial charge on any atom is -0.478 e. The molecule has 0 bridgehead atoms. The highest BCUT2D eigenvalue weighted by Crippen LogP contribution is 2.32. The second kappa shape index (κ2) is 9.89. The molecule has 1 amide bonds. The molecular formula is C27H16F4N4O4. The number of halogens is 4. The first-order valence-corrected chi connectivity index (χ1v) is 11.3. The molecule has 5 aromatic rings. The molecule has 12 heteroatoms. The summed E-state index contributed by atoms with van der Waals surface area (Å²) in [5.41, 5.74) is -0.787. The molecule has 2 heterocycles. The first-order valence-electron chi connectivity index (χ1n) is 11.3. The fourth-order valence-corrected chi connectivity index (χ4v) is 4.26. The molecule has 0 spiro atoms. The fourth-order valence-electron chi connectivity index (χ4n) is 4.26. The molecule has 0 unspecified atom stereocenters. The molecule has 0 saturated carbocycles. The number of rotatable bonds is 6. The van der Waals surface area contributed by atoms with Crippen LogP contribution in [-0.4, -0.2) is 33.5 Å². The Morgan fingerprint density at radius 3 is 2.36 bits per heavy atom. The summed E-state index contributed by atoms with van der Waals surface area (Å²) in [6.07, 6.45) is 1.41. The zero-order valence-corrected chi connectivity index (χ0v) is 19.6. The van der Waals surface area contributed by atoms with Gasteiger partial charge in [-0.2, -0.15) is 8.78 Å². The Bertz CT molecular complexity index is 1820. The van der Waals surface area contributed by atoms with Crippen molar-refractivity contribution in [3.8, 4) is 0 Å². The largest absolute Gasteiger partial charge is 0.478 e. The lowest BCUT2D eigenvalue weighted by atomic mass is 10.0. The van der Waals surface area contributed by atoms with Crippen LogP contribution in [0.25, 0.3) is 21.8 Å². The molecule has 0 saturated heterocycles. The van der Waals surface area contributed by atoms with Gasteiger partial charge in [0.05, 0.1) is 22.2 Å². The average Bonchev–Trinajstić information content (AvgIpc) is 2.89. The molecule has 2 aromatic heterocycles. The van der Waals surface area contributed by atoms with E-state index in [0.29, 0.717) is 28.2 Å². The van der Waals surface area contributed by atoms with Crippen molar-refractivity contribution in [1.82, 2.24) is 9.97 Å². The van der Waals surface area contributed by atoms with Crippen molar-refractivity contribution < 1.29 is 32.3 Å². The second-order valence-electron chi connectivity index (χ2n) is 8.32. The van der Waals surface area contributed by atoms with Crippen LogP contribution in [0.1, 0.15) is 20.7 Å². The van der Waals surface area contributed by atoms with E-state index in [1.165, 1.54) is 42.6 Å². The standard InChI is InChI=1S/C27H16F4N4O4/c28-13-4-9-16(19(29)12-13)25(37)35(27(30)31)15-7-5-14(6-8-15)33-20-10-11-32-23-22(20)17-2-1-3-18(26(38)39)21(17)24(36)34-23/h1-12,27H,(H,38,39)(H2,32,33,34,36). The molecule has 5 rings (SSSR count). The highest BCUT2D eigenvalue weighted by molar-refractivity contribution is 6.15.